The average Bonchev–Trinajstić information content (AvgIpc) is 2.93. The Bertz CT molecular complexity index is 1520. The molecule has 0 aliphatic carbocycles. The summed E-state index contributed by atoms with van der Waals surface area (Å²) in [6.45, 7) is 5.86. The van der Waals surface area contributed by atoms with Crippen molar-refractivity contribution in [2.75, 3.05) is 22.5 Å². The molecule has 0 unspecified atom stereocenters. The van der Waals surface area contributed by atoms with Crippen molar-refractivity contribution >= 4 is 21.4 Å². The van der Waals surface area contributed by atoms with Crippen molar-refractivity contribution in [2.24, 2.45) is 0 Å². The normalized spacial score (nSPS) is 11.4. The summed E-state index contributed by atoms with van der Waals surface area (Å²) >= 11 is 0. The van der Waals surface area contributed by atoms with Crippen LogP contribution in [-0.4, -0.2) is 21.3 Å². The van der Waals surface area contributed by atoms with E-state index >= 15 is 0 Å². The molecule has 40 heavy (non-hydrogen) atoms. The van der Waals surface area contributed by atoms with E-state index in [9.17, 15) is 8.42 Å². The standard InChI is InChI=1S/C33H36N2O4S/c1-4-5-9-22-38-30-14-10-15-31(23-30)39-29-20-18-28(19-21-29)25-35(24-27-12-7-6-8-13-27)33-17-11-16-32(26(33)2)34-40(3,36)37/h5-21,23,34H,4,22,24-25H2,1-3H3/b9-5+. The van der Waals surface area contributed by atoms with E-state index in [-0.39, 0.29) is 0 Å². The van der Waals surface area contributed by atoms with Gasteiger partial charge < -0.3 is 14.4 Å². The van der Waals surface area contributed by atoms with Crippen LogP contribution in [0, 0.1) is 6.92 Å². The maximum Gasteiger partial charge on any atom is 0.229 e. The summed E-state index contributed by atoms with van der Waals surface area (Å²) in [5.74, 6) is 2.20. The number of rotatable bonds is 13. The molecule has 0 heterocycles. The van der Waals surface area contributed by atoms with E-state index in [1.54, 1.807) is 6.07 Å². The smallest absolute Gasteiger partial charge is 0.229 e. The van der Waals surface area contributed by atoms with Gasteiger partial charge in [0.05, 0.1) is 11.9 Å². The number of benzene rings is 4. The molecule has 0 spiro atoms. The van der Waals surface area contributed by atoms with Crippen LogP contribution in [0.2, 0.25) is 0 Å². The van der Waals surface area contributed by atoms with Gasteiger partial charge in [0.15, 0.2) is 0 Å². The monoisotopic (exact) mass is 556 g/mol. The van der Waals surface area contributed by atoms with E-state index < -0.39 is 10.0 Å². The van der Waals surface area contributed by atoms with Gasteiger partial charge >= 0.3 is 0 Å². The van der Waals surface area contributed by atoms with Crippen LogP contribution in [-0.2, 0) is 23.1 Å². The highest BCUT2D eigenvalue weighted by molar-refractivity contribution is 7.92. The van der Waals surface area contributed by atoms with Gasteiger partial charge in [0.1, 0.15) is 23.9 Å². The number of nitrogens with one attached hydrogen (secondary N) is 1. The minimum Gasteiger partial charge on any atom is -0.489 e. The highest BCUT2D eigenvalue weighted by Gasteiger charge is 2.15. The third-order valence-electron chi connectivity index (χ3n) is 6.24. The van der Waals surface area contributed by atoms with Gasteiger partial charge in [-0.3, -0.25) is 4.72 Å². The molecule has 0 amide bonds. The zero-order valence-electron chi connectivity index (χ0n) is 23.2. The van der Waals surface area contributed by atoms with E-state index in [4.69, 9.17) is 9.47 Å². The fourth-order valence-electron chi connectivity index (χ4n) is 4.33. The average molecular weight is 557 g/mol. The second-order valence-corrected chi connectivity index (χ2v) is 11.3. The Kier molecular flexibility index (Phi) is 9.86. The highest BCUT2D eigenvalue weighted by Crippen LogP contribution is 2.31. The molecule has 1 N–H and O–H groups in total. The molecule has 208 valence electrons. The van der Waals surface area contributed by atoms with Crippen LogP contribution < -0.4 is 19.1 Å². The fraction of sp³-hybridized carbons (Fsp3) is 0.212. The zero-order valence-corrected chi connectivity index (χ0v) is 24.0. The van der Waals surface area contributed by atoms with E-state index in [1.165, 1.54) is 6.26 Å². The summed E-state index contributed by atoms with van der Waals surface area (Å²) in [5.41, 5.74) is 4.67. The lowest BCUT2D eigenvalue weighted by atomic mass is 10.1. The first-order valence-electron chi connectivity index (χ1n) is 13.3. The molecule has 0 aromatic heterocycles. The SMILES string of the molecule is CC/C=C/COc1cccc(Oc2ccc(CN(Cc3ccccc3)c3cccc(NS(C)(=O)=O)c3C)cc2)c1. The van der Waals surface area contributed by atoms with Crippen molar-refractivity contribution in [3.63, 3.8) is 0 Å². The van der Waals surface area contributed by atoms with Crippen LogP contribution in [0.3, 0.4) is 0 Å². The summed E-state index contributed by atoms with van der Waals surface area (Å²) in [6.07, 6.45) is 6.23. The van der Waals surface area contributed by atoms with Crippen LogP contribution >= 0.6 is 0 Å². The lowest BCUT2D eigenvalue weighted by Crippen LogP contribution is -2.23. The Labute approximate surface area is 237 Å². The molecule has 4 aromatic carbocycles. The molecule has 4 rings (SSSR count). The van der Waals surface area contributed by atoms with Crippen molar-refractivity contribution in [1.82, 2.24) is 0 Å². The van der Waals surface area contributed by atoms with Crippen molar-refractivity contribution in [1.29, 1.82) is 0 Å². The predicted molar refractivity (Wildman–Crippen MR) is 164 cm³/mol. The van der Waals surface area contributed by atoms with Gasteiger partial charge in [-0.2, -0.15) is 0 Å². The number of anilines is 2. The summed E-state index contributed by atoms with van der Waals surface area (Å²) in [4.78, 5) is 2.25. The number of ether oxygens (including phenoxy) is 2. The second-order valence-electron chi connectivity index (χ2n) is 9.58. The molecule has 0 radical (unpaired) electrons. The van der Waals surface area contributed by atoms with Gasteiger partial charge in [-0.15, -0.1) is 0 Å². The maximum atomic E-state index is 11.9. The number of hydrogen-bond acceptors (Lipinski definition) is 5. The molecular weight excluding hydrogens is 520 g/mol. The number of allylic oxidation sites excluding steroid dienone is 1. The second kappa shape index (κ2) is 13.7. The Morgan fingerprint density at radius 1 is 0.775 bits per heavy atom. The van der Waals surface area contributed by atoms with Gasteiger partial charge in [0.25, 0.3) is 0 Å². The minimum atomic E-state index is -3.39. The van der Waals surface area contributed by atoms with Gasteiger partial charge in [0.2, 0.25) is 10.0 Å². The molecule has 0 aliphatic heterocycles. The highest BCUT2D eigenvalue weighted by atomic mass is 32.2. The van der Waals surface area contributed by atoms with E-state index in [2.05, 4.69) is 46.9 Å². The van der Waals surface area contributed by atoms with Gasteiger partial charge in [0, 0.05) is 24.8 Å². The Hall–Kier alpha value is -4.23. The first-order valence-corrected chi connectivity index (χ1v) is 15.2. The van der Waals surface area contributed by atoms with Crippen molar-refractivity contribution < 1.29 is 17.9 Å². The maximum absolute atomic E-state index is 11.9. The molecule has 6 nitrogen and oxygen atoms in total. The molecule has 0 aliphatic rings. The largest absolute Gasteiger partial charge is 0.489 e. The molecule has 0 bridgehead atoms. The molecule has 4 aromatic rings. The molecule has 7 heteroatoms. The molecule has 0 fully saturated rings. The van der Waals surface area contributed by atoms with Crippen molar-refractivity contribution in [3.8, 4) is 17.2 Å². The first kappa shape index (κ1) is 28.8. The number of sulfonamides is 1. The fourth-order valence-corrected chi connectivity index (χ4v) is 4.95. The number of nitrogens with zero attached hydrogens (tertiary/aromatic N) is 1. The summed E-state index contributed by atoms with van der Waals surface area (Å²) in [7, 11) is -3.39. The van der Waals surface area contributed by atoms with Crippen LogP contribution in [0.25, 0.3) is 0 Å². The van der Waals surface area contributed by atoms with Crippen molar-refractivity contribution in [2.45, 2.75) is 33.4 Å². The van der Waals surface area contributed by atoms with Crippen molar-refractivity contribution in [3.05, 3.63) is 126 Å². The Balaban J connectivity index is 1.51. The van der Waals surface area contributed by atoms with Gasteiger partial charge in [-0.25, -0.2) is 8.42 Å². The molecule has 0 saturated carbocycles. The lowest BCUT2D eigenvalue weighted by molar-refractivity contribution is 0.360. The Morgan fingerprint density at radius 2 is 1.45 bits per heavy atom. The quantitative estimate of drug-likeness (QED) is 0.171. The third kappa shape index (κ3) is 8.64. The van der Waals surface area contributed by atoms with Crippen LogP contribution in [0.1, 0.15) is 30.0 Å². The first-order chi connectivity index (χ1) is 19.3. The summed E-state index contributed by atoms with van der Waals surface area (Å²) in [6, 6.07) is 31.6. The van der Waals surface area contributed by atoms with Crippen LogP contribution in [0.5, 0.6) is 17.2 Å². The lowest BCUT2D eigenvalue weighted by Gasteiger charge is -2.28. The molecule has 0 saturated heterocycles. The van der Waals surface area contributed by atoms with Crippen LogP contribution in [0.4, 0.5) is 11.4 Å². The zero-order chi connectivity index (χ0) is 28.4. The van der Waals surface area contributed by atoms with E-state index in [0.717, 1.165) is 40.3 Å². The third-order valence-corrected chi connectivity index (χ3v) is 6.83. The topological polar surface area (TPSA) is 67.9 Å². The predicted octanol–water partition coefficient (Wildman–Crippen LogP) is 7.71. The summed E-state index contributed by atoms with van der Waals surface area (Å²) in [5, 5.41) is 0. The minimum absolute atomic E-state index is 0.526. The van der Waals surface area contributed by atoms with E-state index in [0.29, 0.717) is 31.1 Å². The van der Waals surface area contributed by atoms with Gasteiger partial charge in [-0.1, -0.05) is 73.7 Å². The molecule has 0 atom stereocenters. The summed E-state index contributed by atoms with van der Waals surface area (Å²) < 4.78 is 38.4. The molecular formula is C33H36N2O4S. The van der Waals surface area contributed by atoms with Gasteiger partial charge in [-0.05, 0) is 66.4 Å². The Morgan fingerprint density at radius 3 is 2.15 bits per heavy atom. The van der Waals surface area contributed by atoms with E-state index in [1.807, 2.05) is 79.7 Å². The number of hydrogen-bond donors (Lipinski definition) is 1. The van der Waals surface area contributed by atoms with Crippen LogP contribution in [0.15, 0.2) is 109 Å².